The number of para-hydroxylation sites is 2. The summed E-state index contributed by atoms with van der Waals surface area (Å²) in [7, 11) is -3.60. The summed E-state index contributed by atoms with van der Waals surface area (Å²) in [4.78, 5) is 28.0. The number of hydrogen-bond donors (Lipinski definition) is 1. The number of hydrogen-bond acceptors (Lipinski definition) is 5. The van der Waals surface area contributed by atoms with Gasteiger partial charge >= 0.3 is 0 Å². The maximum Gasteiger partial charge on any atom is 0.242 e. The number of anilines is 1. The van der Waals surface area contributed by atoms with Gasteiger partial charge < -0.3 is 15.0 Å². The van der Waals surface area contributed by atoms with Crippen LogP contribution in [0.2, 0.25) is 0 Å². The van der Waals surface area contributed by atoms with E-state index >= 15 is 0 Å². The van der Waals surface area contributed by atoms with Crippen LogP contribution in [0.1, 0.15) is 57.9 Å². The third kappa shape index (κ3) is 8.21. The van der Waals surface area contributed by atoms with Gasteiger partial charge in [-0.2, -0.15) is 0 Å². The van der Waals surface area contributed by atoms with Crippen molar-refractivity contribution in [3.05, 3.63) is 60.2 Å². The van der Waals surface area contributed by atoms with Crippen molar-refractivity contribution in [1.29, 1.82) is 0 Å². The van der Waals surface area contributed by atoms with E-state index in [9.17, 15) is 18.0 Å². The molecule has 0 saturated heterocycles. The molecule has 1 atom stereocenters. The second-order valence-corrected chi connectivity index (χ2v) is 11.4. The minimum Gasteiger partial charge on any atom is -0.492 e. The zero-order valence-corrected chi connectivity index (χ0v) is 22.9. The molecular formula is C28H39N3O5S. The Bertz CT molecular complexity index is 1130. The second-order valence-electron chi connectivity index (χ2n) is 9.51. The first kappa shape index (κ1) is 28.5. The van der Waals surface area contributed by atoms with Crippen LogP contribution >= 0.6 is 0 Å². The normalized spacial score (nSPS) is 14.7. The largest absolute Gasteiger partial charge is 0.492 e. The number of nitrogens with one attached hydrogen (secondary N) is 1. The average Bonchev–Trinajstić information content (AvgIpc) is 3.38. The van der Waals surface area contributed by atoms with Crippen molar-refractivity contribution in [1.82, 2.24) is 10.2 Å². The van der Waals surface area contributed by atoms with Crippen molar-refractivity contribution in [3.8, 4) is 5.75 Å². The molecule has 3 rings (SSSR count). The van der Waals surface area contributed by atoms with E-state index in [1.165, 1.54) is 4.31 Å². The lowest BCUT2D eigenvalue weighted by atomic mass is 10.1. The predicted molar refractivity (Wildman–Crippen MR) is 146 cm³/mol. The molecule has 0 heterocycles. The van der Waals surface area contributed by atoms with Gasteiger partial charge in [0.05, 0.1) is 18.6 Å². The van der Waals surface area contributed by atoms with Gasteiger partial charge in [-0.1, -0.05) is 55.3 Å². The highest BCUT2D eigenvalue weighted by molar-refractivity contribution is 7.92. The van der Waals surface area contributed by atoms with Crippen LogP contribution in [0.4, 0.5) is 5.69 Å². The van der Waals surface area contributed by atoms with Crippen LogP contribution in [-0.2, 0) is 26.2 Å². The quantitative estimate of drug-likeness (QED) is 0.421. The van der Waals surface area contributed by atoms with Crippen molar-refractivity contribution in [2.45, 2.75) is 71.0 Å². The van der Waals surface area contributed by atoms with E-state index in [-0.39, 0.29) is 30.8 Å². The number of benzene rings is 2. The Kier molecular flexibility index (Phi) is 10.4. The lowest BCUT2D eigenvalue weighted by Gasteiger charge is -2.30. The maximum absolute atomic E-state index is 13.4. The highest BCUT2D eigenvalue weighted by Crippen LogP contribution is 2.30. The molecule has 1 saturated carbocycles. The van der Waals surface area contributed by atoms with E-state index < -0.39 is 16.1 Å². The molecule has 1 N–H and O–H groups in total. The molecular weight excluding hydrogens is 490 g/mol. The molecule has 2 amide bonds. The summed E-state index contributed by atoms with van der Waals surface area (Å²) in [6.45, 7) is 4.43. The first-order valence-corrected chi connectivity index (χ1v) is 14.9. The van der Waals surface area contributed by atoms with E-state index in [1.54, 1.807) is 36.1 Å². The molecule has 2 aromatic rings. The Hall–Kier alpha value is -3.07. The number of nitrogens with zero attached hydrogens (tertiary/aromatic N) is 2. The van der Waals surface area contributed by atoms with Gasteiger partial charge in [0.25, 0.3) is 0 Å². The number of rotatable bonds is 13. The molecule has 0 radical (unpaired) electrons. The first-order chi connectivity index (χ1) is 17.7. The lowest BCUT2D eigenvalue weighted by Crippen LogP contribution is -2.49. The molecule has 1 unspecified atom stereocenters. The average molecular weight is 530 g/mol. The summed E-state index contributed by atoms with van der Waals surface area (Å²) in [5.74, 6) is 0.133. The van der Waals surface area contributed by atoms with Crippen molar-refractivity contribution in [2.24, 2.45) is 0 Å². The third-order valence-corrected chi connectivity index (χ3v) is 7.83. The molecule has 0 bridgehead atoms. The van der Waals surface area contributed by atoms with Gasteiger partial charge in [0.15, 0.2) is 0 Å². The fraction of sp³-hybridized carbons (Fsp3) is 0.500. The molecule has 0 aromatic heterocycles. The number of sulfonamides is 1. The van der Waals surface area contributed by atoms with Crippen LogP contribution in [0.5, 0.6) is 5.75 Å². The highest BCUT2D eigenvalue weighted by atomic mass is 32.2. The van der Waals surface area contributed by atoms with Gasteiger partial charge in [0.1, 0.15) is 11.8 Å². The lowest BCUT2D eigenvalue weighted by molar-refractivity contribution is -0.141. The fourth-order valence-corrected chi connectivity index (χ4v) is 5.65. The van der Waals surface area contributed by atoms with Crippen molar-refractivity contribution >= 4 is 27.5 Å². The van der Waals surface area contributed by atoms with Crippen LogP contribution < -0.4 is 14.4 Å². The molecule has 202 valence electrons. The van der Waals surface area contributed by atoms with Crippen LogP contribution in [-0.4, -0.2) is 56.6 Å². The van der Waals surface area contributed by atoms with Crippen molar-refractivity contribution in [2.75, 3.05) is 23.7 Å². The summed E-state index contributed by atoms with van der Waals surface area (Å²) in [5, 5.41) is 3.10. The predicted octanol–water partition coefficient (Wildman–Crippen LogP) is 4.11. The molecule has 2 aromatic carbocycles. The number of ether oxygens (including phenoxy) is 1. The van der Waals surface area contributed by atoms with Crippen molar-refractivity contribution in [3.63, 3.8) is 0 Å². The van der Waals surface area contributed by atoms with Gasteiger partial charge in [-0.05, 0) is 50.8 Å². The first-order valence-electron chi connectivity index (χ1n) is 13.0. The number of carbonyl (C=O) groups excluding carboxylic acids is 2. The van der Waals surface area contributed by atoms with Gasteiger partial charge in [0.2, 0.25) is 21.8 Å². The van der Waals surface area contributed by atoms with Crippen LogP contribution in [0.25, 0.3) is 0 Å². The Morgan fingerprint density at radius 1 is 1.05 bits per heavy atom. The van der Waals surface area contributed by atoms with Gasteiger partial charge in [-0.3, -0.25) is 13.9 Å². The molecule has 0 spiro atoms. The monoisotopic (exact) mass is 529 g/mol. The smallest absolute Gasteiger partial charge is 0.242 e. The summed E-state index contributed by atoms with van der Waals surface area (Å²) < 4.78 is 32.2. The Balaban J connectivity index is 1.72. The van der Waals surface area contributed by atoms with Crippen LogP contribution in [0.15, 0.2) is 54.6 Å². The van der Waals surface area contributed by atoms with Gasteiger partial charge in [-0.25, -0.2) is 8.42 Å². The Labute approximate surface area is 221 Å². The molecule has 0 aliphatic heterocycles. The van der Waals surface area contributed by atoms with Gasteiger partial charge in [-0.15, -0.1) is 0 Å². The minimum absolute atomic E-state index is 0.108. The van der Waals surface area contributed by atoms with Crippen LogP contribution in [0, 0.1) is 0 Å². The third-order valence-electron chi connectivity index (χ3n) is 6.65. The summed E-state index contributed by atoms with van der Waals surface area (Å²) >= 11 is 0. The zero-order chi connectivity index (χ0) is 26.8. The fourth-order valence-electron chi connectivity index (χ4n) is 4.68. The van der Waals surface area contributed by atoms with Crippen molar-refractivity contribution < 1.29 is 22.7 Å². The van der Waals surface area contributed by atoms with E-state index in [1.807, 2.05) is 37.3 Å². The SMILES string of the molecule is CCOc1ccccc1N(CCCC(=O)N(Cc1ccccc1)C(C)C(=O)NC1CCCC1)S(C)(=O)=O. The standard InChI is InChI=1S/C28H39N3O5S/c1-4-36-26-18-11-10-17-25(26)31(37(3,34)35)20-12-19-27(32)30(21-23-13-6-5-7-14-23)22(2)28(33)29-24-15-8-9-16-24/h5-7,10-11,13-14,17-18,22,24H,4,8-9,12,15-16,19-21H2,1-3H3,(H,29,33). The maximum atomic E-state index is 13.4. The molecule has 1 aliphatic rings. The Morgan fingerprint density at radius 3 is 2.35 bits per heavy atom. The molecule has 1 fully saturated rings. The molecule has 1 aliphatic carbocycles. The van der Waals surface area contributed by atoms with E-state index in [4.69, 9.17) is 4.74 Å². The Morgan fingerprint density at radius 2 is 1.70 bits per heavy atom. The summed E-state index contributed by atoms with van der Waals surface area (Å²) in [6.07, 6.45) is 5.70. The number of carbonyl (C=O) groups is 2. The minimum atomic E-state index is -3.60. The molecule has 8 nitrogen and oxygen atoms in total. The second kappa shape index (κ2) is 13.5. The zero-order valence-electron chi connectivity index (χ0n) is 22.1. The van der Waals surface area contributed by atoms with Crippen LogP contribution in [0.3, 0.4) is 0 Å². The van der Waals surface area contributed by atoms with E-state index in [0.717, 1.165) is 37.5 Å². The summed E-state index contributed by atoms with van der Waals surface area (Å²) in [6, 6.07) is 16.1. The molecule has 37 heavy (non-hydrogen) atoms. The van der Waals surface area contributed by atoms with E-state index in [0.29, 0.717) is 31.0 Å². The van der Waals surface area contributed by atoms with E-state index in [2.05, 4.69) is 5.32 Å². The highest BCUT2D eigenvalue weighted by Gasteiger charge is 2.29. The topological polar surface area (TPSA) is 96.0 Å². The molecule has 9 heteroatoms. The number of amides is 2. The van der Waals surface area contributed by atoms with Gasteiger partial charge in [0, 0.05) is 25.6 Å². The summed E-state index contributed by atoms with van der Waals surface area (Å²) in [5.41, 5.74) is 1.38.